The van der Waals surface area contributed by atoms with E-state index in [1.807, 2.05) is 18.2 Å². The molecule has 0 aliphatic rings. The lowest BCUT2D eigenvalue weighted by atomic mass is 10.0. The van der Waals surface area contributed by atoms with E-state index in [-0.39, 0.29) is 25.1 Å². The summed E-state index contributed by atoms with van der Waals surface area (Å²) in [6.45, 7) is 0.133. The fraction of sp³-hybridized carbons (Fsp3) is 0.231. The van der Waals surface area contributed by atoms with Gasteiger partial charge in [-0.2, -0.15) is 0 Å². The largest absolute Gasteiger partial charge is 0.396 e. The number of benzene rings is 2. The summed E-state index contributed by atoms with van der Waals surface area (Å²) >= 11 is 0. The Morgan fingerprint density at radius 1 is 1.06 bits per heavy atom. The number of rotatable bonds is 3. The number of aliphatic hydroxyl groups is 1. The zero-order valence-electron chi connectivity index (χ0n) is 8.97. The first kappa shape index (κ1) is 13.0. The Balaban J connectivity index is 0.00000128. The van der Waals surface area contributed by atoms with E-state index in [1.54, 1.807) is 0 Å². The van der Waals surface area contributed by atoms with E-state index in [4.69, 9.17) is 10.8 Å². The van der Waals surface area contributed by atoms with Crippen LogP contribution in [0.2, 0.25) is 0 Å². The minimum absolute atomic E-state index is 0. The van der Waals surface area contributed by atoms with E-state index >= 15 is 0 Å². The quantitative estimate of drug-likeness (QED) is 0.862. The molecule has 86 valence electrons. The van der Waals surface area contributed by atoms with Gasteiger partial charge in [0, 0.05) is 12.6 Å². The van der Waals surface area contributed by atoms with Crippen molar-refractivity contribution in [3.8, 4) is 0 Å². The van der Waals surface area contributed by atoms with E-state index < -0.39 is 0 Å². The number of fused-ring (bicyclic) bond motifs is 1. The van der Waals surface area contributed by atoms with Crippen LogP contribution in [-0.4, -0.2) is 11.7 Å². The Morgan fingerprint density at radius 2 is 1.75 bits per heavy atom. The number of aliphatic hydroxyl groups excluding tert-OH is 1. The van der Waals surface area contributed by atoms with Crippen LogP contribution < -0.4 is 5.73 Å². The summed E-state index contributed by atoms with van der Waals surface area (Å²) in [5, 5.41) is 11.2. The Morgan fingerprint density at radius 3 is 2.44 bits per heavy atom. The summed E-state index contributed by atoms with van der Waals surface area (Å²) in [4.78, 5) is 0. The minimum Gasteiger partial charge on any atom is -0.396 e. The van der Waals surface area contributed by atoms with Gasteiger partial charge >= 0.3 is 0 Å². The molecular formula is C13H16ClNO. The maximum Gasteiger partial charge on any atom is 0.0449 e. The average Bonchev–Trinajstić information content (AvgIpc) is 2.29. The Kier molecular flexibility index (Phi) is 4.74. The van der Waals surface area contributed by atoms with Crippen molar-refractivity contribution < 1.29 is 5.11 Å². The molecule has 0 fully saturated rings. The zero-order valence-corrected chi connectivity index (χ0v) is 9.78. The van der Waals surface area contributed by atoms with Crippen LogP contribution in [0.4, 0.5) is 0 Å². The first-order valence-corrected chi connectivity index (χ1v) is 5.16. The molecule has 0 saturated heterocycles. The van der Waals surface area contributed by atoms with Gasteiger partial charge in [-0.1, -0.05) is 36.4 Å². The van der Waals surface area contributed by atoms with Crippen molar-refractivity contribution in [1.29, 1.82) is 0 Å². The highest BCUT2D eigenvalue weighted by atomic mass is 35.5. The van der Waals surface area contributed by atoms with Crippen molar-refractivity contribution in [3.05, 3.63) is 48.0 Å². The van der Waals surface area contributed by atoms with Crippen LogP contribution >= 0.6 is 12.4 Å². The van der Waals surface area contributed by atoms with Crippen LogP contribution in [0, 0.1) is 0 Å². The highest BCUT2D eigenvalue weighted by Crippen LogP contribution is 2.20. The molecule has 3 N–H and O–H groups in total. The van der Waals surface area contributed by atoms with Gasteiger partial charge in [-0.15, -0.1) is 12.4 Å². The molecular weight excluding hydrogens is 222 g/mol. The van der Waals surface area contributed by atoms with Gasteiger partial charge in [-0.3, -0.25) is 0 Å². The fourth-order valence-corrected chi connectivity index (χ4v) is 1.74. The molecule has 0 saturated carbocycles. The summed E-state index contributed by atoms with van der Waals surface area (Å²) in [5.74, 6) is 0. The highest BCUT2D eigenvalue weighted by molar-refractivity contribution is 5.85. The first-order chi connectivity index (χ1) is 7.31. The second kappa shape index (κ2) is 5.85. The van der Waals surface area contributed by atoms with Gasteiger partial charge in [0.05, 0.1) is 0 Å². The molecule has 0 aromatic heterocycles. The molecule has 0 unspecified atom stereocenters. The monoisotopic (exact) mass is 237 g/mol. The minimum atomic E-state index is -0.0698. The van der Waals surface area contributed by atoms with E-state index in [0.717, 1.165) is 5.56 Å². The van der Waals surface area contributed by atoms with Crippen molar-refractivity contribution in [1.82, 2.24) is 0 Å². The molecule has 3 heteroatoms. The van der Waals surface area contributed by atoms with Gasteiger partial charge in [0.25, 0.3) is 0 Å². The molecule has 16 heavy (non-hydrogen) atoms. The third-order valence-corrected chi connectivity index (χ3v) is 2.64. The normalized spacial score (nSPS) is 12.1. The number of halogens is 1. The molecule has 2 aromatic carbocycles. The molecule has 2 rings (SSSR count). The number of hydrogen-bond acceptors (Lipinski definition) is 2. The lowest BCUT2D eigenvalue weighted by Gasteiger charge is -2.11. The van der Waals surface area contributed by atoms with Gasteiger partial charge in [0.1, 0.15) is 0 Å². The Bertz CT molecular complexity index is 458. The van der Waals surface area contributed by atoms with Gasteiger partial charge in [0.15, 0.2) is 0 Å². The van der Waals surface area contributed by atoms with E-state index in [0.29, 0.717) is 6.42 Å². The molecule has 0 aliphatic heterocycles. The summed E-state index contributed by atoms with van der Waals surface area (Å²) in [6.07, 6.45) is 0.609. The highest BCUT2D eigenvalue weighted by Gasteiger charge is 2.05. The smallest absolute Gasteiger partial charge is 0.0449 e. The number of nitrogens with two attached hydrogens (primary N) is 1. The van der Waals surface area contributed by atoms with Crippen LogP contribution in [0.1, 0.15) is 18.0 Å². The zero-order chi connectivity index (χ0) is 10.7. The van der Waals surface area contributed by atoms with Crippen molar-refractivity contribution >= 4 is 23.2 Å². The third kappa shape index (κ3) is 2.73. The standard InChI is InChI=1S/C13H15NO.ClH/c14-13(7-8-15)12-6-5-10-3-1-2-4-11(10)9-12;/h1-6,9,13,15H,7-8,14H2;1H/t13-;/m1./s1. The Labute approximate surface area is 101 Å². The molecule has 2 nitrogen and oxygen atoms in total. The van der Waals surface area contributed by atoms with Gasteiger partial charge < -0.3 is 10.8 Å². The maximum absolute atomic E-state index is 8.83. The second-order valence-electron chi connectivity index (χ2n) is 3.73. The van der Waals surface area contributed by atoms with E-state index in [9.17, 15) is 0 Å². The summed E-state index contributed by atoms with van der Waals surface area (Å²) in [7, 11) is 0. The van der Waals surface area contributed by atoms with Crippen molar-refractivity contribution in [2.75, 3.05) is 6.61 Å². The molecule has 0 aliphatic carbocycles. The molecule has 0 amide bonds. The van der Waals surface area contributed by atoms with E-state index in [1.165, 1.54) is 10.8 Å². The molecule has 2 aromatic rings. The fourth-order valence-electron chi connectivity index (χ4n) is 1.74. The van der Waals surface area contributed by atoms with Crippen LogP contribution in [-0.2, 0) is 0 Å². The van der Waals surface area contributed by atoms with Crippen molar-refractivity contribution in [2.45, 2.75) is 12.5 Å². The molecule has 0 heterocycles. The van der Waals surface area contributed by atoms with Gasteiger partial charge in [-0.05, 0) is 28.8 Å². The molecule has 0 spiro atoms. The lowest BCUT2D eigenvalue weighted by Crippen LogP contribution is -2.11. The SMILES string of the molecule is Cl.N[C@H](CCO)c1ccc2ccccc2c1. The second-order valence-corrected chi connectivity index (χ2v) is 3.73. The summed E-state index contributed by atoms with van der Waals surface area (Å²) < 4.78 is 0. The molecule has 1 atom stereocenters. The molecule has 0 bridgehead atoms. The topological polar surface area (TPSA) is 46.2 Å². The predicted octanol–water partition coefficient (Wildman–Crippen LogP) is 2.64. The Hall–Kier alpha value is -1.09. The summed E-state index contributed by atoms with van der Waals surface area (Å²) in [6, 6.07) is 14.3. The average molecular weight is 238 g/mol. The predicted molar refractivity (Wildman–Crippen MR) is 69.8 cm³/mol. The van der Waals surface area contributed by atoms with Gasteiger partial charge in [0.2, 0.25) is 0 Å². The van der Waals surface area contributed by atoms with Crippen LogP contribution in [0.15, 0.2) is 42.5 Å². The van der Waals surface area contributed by atoms with Gasteiger partial charge in [-0.25, -0.2) is 0 Å². The van der Waals surface area contributed by atoms with Crippen molar-refractivity contribution in [3.63, 3.8) is 0 Å². The number of hydrogen-bond donors (Lipinski definition) is 2. The van der Waals surface area contributed by atoms with Crippen LogP contribution in [0.5, 0.6) is 0 Å². The third-order valence-electron chi connectivity index (χ3n) is 2.64. The van der Waals surface area contributed by atoms with Crippen LogP contribution in [0.3, 0.4) is 0 Å². The molecule has 0 radical (unpaired) electrons. The maximum atomic E-state index is 8.83. The summed E-state index contributed by atoms with van der Waals surface area (Å²) in [5.41, 5.74) is 7.02. The van der Waals surface area contributed by atoms with E-state index in [2.05, 4.69) is 24.3 Å². The van der Waals surface area contributed by atoms with Crippen LogP contribution in [0.25, 0.3) is 10.8 Å². The lowest BCUT2D eigenvalue weighted by molar-refractivity contribution is 0.276. The first-order valence-electron chi connectivity index (χ1n) is 5.16. The van der Waals surface area contributed by atoms with Crippen molar-refractivity contribution in [2.24, 2.45) is 5.73 Å².